The van der Waals surface area contributed by atoms with Crippen molar-refractivity contribution in [3.8, 4) is 0 Å². The molecular formula is C20H32N4O4S. The van der Waals surface area contributed by atoms with Crippen LogP contribution in [0.1, 0.15) is 46.4 Å². The fourth-order valence-electron chi connectivity index (χ4n) is 3.28. The highest BCUT2D eigenvalue weighted by molar-refractivity contribution is 7.89. The van der Waals surface area contributed by atoms with Gasteiger partial charge in [0.2, 0.25) is 10.0 Å². The van der Waals surface area contributed by atoms with Gasteiger partial charge in [-0.05, 0) is 45.6 Å². The minimum absolute atomic E-state index is 0.0583. The summed E-state index contributed by atoms with van der Waals surface area (Å²) in [6.45, 7) is 9.83. The van der Waals surface area contributed by atoms with E-state index in [-0.39, 0.29) is 17.8 Å². The number of aromatic nitrogens is 3. The maximum absolute atomic E-state index is 12.9. The zero-order chi connectivity index (χ0) is 21.8. The summed E-state index contributed by atoms with van der Waals surface area (Å²) in [7, 11) is -2.15. The lowest BCUT2D eigenvalue weighted by Crippen LogP contribution is -2.45. The van der Waals surface area contributed by atoms with Crippen LogP contribution in [0, 0.1) is 12.8 Å². The Kier molecular flexibility index (Phi) is 7.76. The number of carbonyl (C=O) groups excluding carboxylic acids is 1. The van der Waals surface area contributed by atoms with Crippen molar-refractivity contribution in [1.29, 1.82) is 0 Å². The molecule has 0 aliphatic heterocycles. The van der Waals surface area contributed by atoms with Gasteiger partial charge in [-0.2, -0.15) is 4.31 Å². The van der Waals surface area contributed by atoms with Crippen LogP contribution in [0.4, 0.5) is 0 Å². The molecule has 0 saturated heterocycles. The molecule has 2 aromatic heterocycles. The van der Waals surface area contributed by atoms with Gasteiger partial charge in [0.25, 0.3) is 0 Å². The number of carbonyl (C=O) groups is 1. The fraction of sp³-hybridized carbons (Fsp3) is 0.650. The van der Waals surface area contributed by atoms with Crippen molar-refractivity contribution in [2.45, 2.75) is 66.2 Å². The van der Waals surface area contributed by atoms with E-state index < -0.39 is 22.0 Å². The number of sulfonamides is 1. The lowest BCUT2D eigenvalue weighted by Gasteiger charge is -2.28. The smallest absolute Gasteiger partial charge is 0.324 e. The summed E-state index contributed by atoms with van der Waals surface area (Å²) in [6.07, 6.45) is 3.93. The number of pyridine rings is 1. The van der Waals surface area contributed by atoms with Crippen LogP contribution in [0.25, 0.3) is 11.0 Å². The molecule has 2 heterocycles. The molecule has 2 rings (SSSR count). The zero-order valence-electron chi connectivity index (χ0n) is 18.1. The van der Waals surface area contributed by atoms with Crippen molar-refractivity contribution in [3.63, 3.8) is 0 Å². The molecule has 0 aliphatic carbocycles. The minimum Gasteiger partial charge on any atom is -0.462 e. The molecule has 0 aromatic carbocycles. The van der Waals surface area contributed by atoms with E-state index in [0.29, 0.717) is 19.4 Å². The molecule has 2 aromatic rings. The molecule has 1 atom stereocenters. The van der Waals surface area contributed by atoms with E-state index in [4.69, 9.17) is 4.74 Å². The third kappa shape index (κ3) is 5.99. The molecule has 8 nitrogen and oxygen atoms in total. The van der Waals surface area contributed by atoms with Crippen molar-refractivity contribution < 1.29 is 17.9 Å². The molecule has 0 unspecified atom stereocenters. The number of likely N-dealkylation sites (N-methyl/N-ethyl adjacent to an activating group) is 1. The summed E-state index contributed by atoms with van der Waals surface area (Å²) < 4.78 is 34.3. The number of nitrogens with zero attached hydrogens (tertiary/aromatic N) is 4. The first kappa shape index (κ1) is 23.3. The van der Waals surface area contributed by atoms with Gasteiger partial charge in [-0.1, -0.05) is 13.8 Å². The van der Waals surface area contributed by atoms with Crippen LogP contribution >= 0.6 is 0 Å². The standard InChI is InChI=1S/C20H32N4O4S/c1-14(2)12-19(20(25)28-15(3)4)23(6)29(26,27)11-7-10-24-16(5)22-17-13-21-9-8-18(17)24/h8-9,13-15,19H,7,10-12H2,1-6H3/t19-/m0/s1. The van der Waals surface area contributed by atoms with E-state index in [9.17, 15) is 13.2 Å². The second kappa shape index (κ2) is 9.67. The average molecular weight is 425 g/mol. The highest BCUT2D eigenvalue weighted by atomic mass is 32.2. The summed E-state index contributed by atoms with van der Waals surface area (Å²) in [5, 5.41) is 0. The molecule has 0 N–H and O–H groups in total. The van der Waals surface area contributed by atoms with E-state index >= 15 is 0 Å². The van der Waals surface area contributed by atoms with Crippen LogP contribution < -0.4 is 0 Å². The molecule has 29 heavy (non-hydrogen) atoms. The van der Waals surface area contributed by atoms with Crippen molar-refractivity contribution >= 4 is 27.0 Å². The second-order valence-electron chi connectivity index (χ2n) is 7.99. The summed E-state index contributed by atoms with van der Waals surface area (Å²) in [4.78, 5) is 21.0. The second-order valence-corrected chi connectivity index (χ2v) is 10.1. The summed E-state index contributed by atoms with van der Waals surface area (Å²) in [5.74, 6) is 0.420. The third-order valence-corrected chi connectivity index (χ3v) is 6.66. The van der Waals surface area contributed by atoms with Crippen molar-refractivity contribution in [2.24, 2.45) is 5.92 Å². The maximum atomic E-state index is 12.9. The SMILES string of the molecule is Cc1nc2cnccc2n1CCCS(=O)(=O)N(C)[C@@H](CC(C)C)C(=O)OC(C)C. The molecule has 0 aliphatic rings. The molecule has 9 heteroatoms. The number of fused-ring (bicyclic) bond motifs is 1. The van der Waals surface area contributed by atoms with Gasteiger partial charge in [0.15, 0.2) is 0 Å². The highest BCUT2D eigenvalue weighted by Crippen LogP contribution is 2.19. The van der Waals surface area contributed by atoms with Gasteiger partial charge in [-0.25, -0.2) is 13.4 Å². The van der Waals surface area contributed by atoms with E-state index in [1.807, 2.05) is 31.4 Å². The molecule has 0 bridgehead atoms. The van der Waals surface area contributed by atoms with Crippen LogP contribution in [0.2, 0.25) is 0 Å². The van der Waals surface area contributed by atoms with Crippen LogP contribution in [0.3, 0.4) is 0 Å². The number of aryl methyl sites for hydroxylation is 2. The number of hydrogen-bond donors (Lipinski definition) is 0. The molecule has 0 spiro atoms. The van der Waals surface area contributed by atoms with Gasteiger partial charge in [0.1, 0.15) is 17.4 Å². The van der Waals surface area contributed by atoms with Crippen molar-refractivity contribution in [1.82, 2.24) is 18.8 Å². The van der Waals surface area contributed by atoms with Crippen LogP contribution in [-0.4, -0.2) is 58.2 Å². The van der Waals surface area contributed by atoms with Crippen LogP contribution in [0.15, 0.2) is 18.5 Å². The highest BCUT2D eigenvalue weighted by Gasteiger charge is 2.33. The first-order valence-electron chi connectivity index (χ1n) is 9.96. The Labute approximate surface area is 173 Å². The number of rotatable bonds is 10. The fourth-order valence-corrected chi connectivity index (χ4v) is 4.62. The largest absolute Gasteiger partial charge is 0.462 e. The Morgan fingerprint density at radius 3 is 2.59 bits per heavy atom. The van der Waals surface area contributed by atoms with Crippen LogP contribution in [0.5, 0.6) is 0 Å². The van der Waals surface area contributed by atoms with Crippen molar-refractivity contribution in [2.75, 3.05) is 12.8 Å². The molecule has 0 amide bonds. The lowest BCUT2D eigenvalue weighted by atomic mass is 10.0. The van der Waals surface area contributed by atoms with E-state index in [2.05, 4.69) is 9.97 Å². The van der Waals surface area contributed by atoms with Gasteiger partial charge in [0, 0.05) is 19.8 Å². The van der Waals surface area contributed by atoms with Crippen LogP contribution in [-0.2, 0) is 26.1 Å². The first-order chi connectivity index (χ1) is 13.5. The number of ether oxygens (including phenoxy) is 1. The monoisotopic (exact) mass is 424 g/mol. The Morgan fingerprint density at radius 1 is 1.28 bits per heavy atom. The van der Waals surface area contributed by atoms with E-state index in [1.54, 1.807) is 26.2 Å². The molecule has 0 fully saturated rings. The van der Waals surface area contributed by atoms with Gasteiger partial charge in [-0.3, -0.25) is 9.78 Å². The quantitative estimate of drug-likeness (QED) is 0.544. The first-order valence-corrected chi connectivity index (χ1v) is 11.6. The Morgan fingerprint density at radius 2 is 1.97 bits per heavy atom. The number of hydrogen-bond acceptors (Lipinski definition) is 6. The molecule has 162 valence electrons. The number of imidazole rings is 1. The minimum atomic E-state index is -3.62. The molecule has 0 radical (unpaired) electrons. The topological polar surface area (TPSA) is 94.4 Å². The van der Waals surface area contributed by atoms with E-state index in [0.717, 1.165) is 16.9 Å². The number of esters is 1. The molecule has 0 saturated carbocycles. The maximum Gasteiger partial charge on any atom is 0.324 e. The van der Waals surface area contributed by atoms with Gasteiger partial charge >= 0.3 is 5.97 Å². The lowest BCUT2D eigenvalue weighted by molar-refractivity contribution is -0.152. The third-order valence-electron chi connectivity index (χ3n) is 4.72. The zero-order valence-corrected chi connectivity index (χ0v) is 18.9. The molecular weight excluding hydrogens is 392 g/mol. The predicted octanol–water partition coefficient (Wildman–Crippen LogP) is 2.76. The van der Waals surface area contributed by atoms with Gasteiger partial charge in [-0.15, -0.1) is 0 Å². The average Bonchev–Trinajstić information content (AvgIpc) is 2.93. The van der Waals surface area contributed by atoms with Crippen molar-refractivity contribution in [3.05, 3.63) is 24.3 Å². The Bertz CT molecular complexity index is 937. The summed E-state index contributed by atoms with van der Waals surface area (Å²) in [6, 6.07) is 1.06. The normalized spacial score (nSPS) is 13.6. The summed E-state index contributed by atoms with van der Waals surface area (Å²) >= 11 is 0. The van der Waals surface area contributed by atoms with E-state index in [1.165, 1.54) is 11.4 Å². The Hall–Kier alpha value is -2.00. The summed E-state index contributed by atoms with van der Waals surface area (Å²) in [5.41, 5.74) is 1.72. The Balaban J connectivity index is 2.09. The predicted molar refractivity (Wildman–Crippen MR) is 113 cm³/mol. The van der Waals surface area contributed by atoms with Gasteiger partial charge < -0.3 is 9.30 Å². The van der Waals surface area contributed by atoms with Gasteiger partial charge in [0.05, 0.1) is 23.6 Å².